The number of aromatic nitrogens is 2. The fourth-order valence-corrected chi connectivity index (χ4v) is 9.79. The van der Waals surface area contributed by atoms with Crippen LogP contribution in [-0.2, 0) is 82.0 Å². The summed E-state index contributed by atoms with van der Waals surface area (Å²) in [5.74, 6) is -3.26. The minimum atomic E-state index is -3.28. The summed E-state index contributed by atoms with van der Waals surface area (Å²) in [6.07, 6.45) is 8.56. The summed E-state index contributed by atoms with van der Waals surface area (Å²) in [6, 6.07) is 43.7. The van der Waals surface area contributed by atoms with Gasteiger partial charge in [0.05, 0.1) is 30.1 Å². The van der Waals surface area contributed by atoms with Crippen LogP contribution in [0.25, 0.3) is 21.8 Å². The molecule has 0 atom stereocenters. The van der Waals surface area contributed by atoms with Crippen LogP contribution in [0.2, 0.25) is 5.02 Å². The lowest BCUT2D eigenvalue weighted by atomic mass is 10.2. The SMILES string of the molecule is C.CC1(C)OC(=O)C(=CNc2ccc(S(C)(=O)=O)cc2)C(=O)O1.CC1(C)OC(=O)CC(=O)O1.CS(=O)(=O)c1ccc(N)cc1.CS(=O)(=O)c1ccc2[nH]ccc(=O)c2c1.CS(=O)(=O)c1ccc2nccc(Cl)c2c1.O=P(Cl)(Cl)Cl.c1ccc(Oc2ccccc2)cc1. The standard InChI is InChI=1S/C14H15NO6S.C12H10O.C10H8ClNO2S.C10H9NO3S.C7H9NO2S.C6H8O4.CH4.Cl3OP/c1-14(2)20-12(16)11(13(17)21-14)8-15-9-4-6-10(7-5-9)22(3,18)19;1-3-7-11(8-4-1)13-12-9-5-2-6-10-12;1-15(13,14)7-2-3-10-8(6-7)9(11)4-5-12-10;1-15(13,14)7-2-3-9-8(6-7)10(12)4-5-11-9;1-11(9,10)7-4-2-6(8)3-5-7;1-6(2)9-4(7)3-5(8)10-6;;1-5(2,3)4/h4-8,15H,1-3H3;1-10H;2-6H,1H3;2-6H,1H3,(H,11,12);2-5H,8H2,1H3;3H2,1-2H3;1H4;. The second kappa shape index (κ2) is 33.6. The van der Waals surface area contributed by atoms with E-state index in [9.17, 15) is 62.2 Å². The number of rotatable bonds is 8. The average Bonchev–Trinajstić information content (AvgIpc) is 0.861. The number of para-hydroxylation sites is 2. The van der Waals surface area contributed by atoms with E-state index in [0.717, 1.165) is 30.2 Å². The topological polar surface area (TPSA) is 352 Å². The van der Waals surface area contributed by atoms with Crippen molar-refractivity contribution >= 4 is 147 Å². The first-order valence-electron chi connectivity index (χ1n) is 25.8. The number of cyclic esters (lactones) is 4. The lowest BCUT2D eigenvalue weighted by Gasteiger charge is -2.29. The van der Waals surface area contributed by atoms with Crippen LogP contribution in [0.15, 0.2) is 206 Å². The van der Waals surface area contributed by atoms with Crippen LogP contribution in [0.4, 0.5) is 11.4 Å². The van der Waals surface area contributed by atoms with Crippen molar-refractivity contribution in [1.82, 2.24) is 9.97 Å². The first-order chi connectivity index (χ1) is 42.0. The maximum atomic E-state index is 11.7. The molecule has 0 spiro atoms. The van der Waals surface area contributed by atoms with Crippen molar-refractivity contribution in [3.63, 3.8) is 0 Å². The highest BCUT2D eigenvalue weighted by Crippen LogP contribution is 2.61. The molecular weight excluding hydrogens is 1380 g/mol. The van der Waals surface area contributed by atoms with Crippen molar-refractivity contribution in [1.29, 1.82) is 0 Å². The molecule has 4 heterocycles. The van der Waals surface area contributed by atoms with Crippen molar-refractivity contribution in [3.8, 4) is 11.5 Å². The Labute approximate surface area is 551 Å². The zero-order chi connectivity index (χ0) is 68.3. The van der Waals surface area contributed by atoms with Crippen LogP contribution >= 0.6 is 50.5 Å². The fraction of sp³-hybridized carbons (Fsp3) is 0.200. The largest absolute Gasteiger partial charge is 0.457 e. The number of ether oxygens (including phenoxy) is 5. The van der Waals surface area contributed by atoms with Gasteiger partial charge in [0.1, 0.15) is 17.9 Å². The number of aromatic amines is 1. The van der Waals surface area contributed by atoms with Gasteiger partial charge in [-0.05, 0) is 149 Å². The van der Waals surface area contributed by atoms with E-state index in [-0.39, 0.29) is 39.5 Å². The Balaban J connectivity index is 0.000000288. The minimum absolute atomic E-state index is 0. The molecule has 2 aliphatic rings. The monoisotopic (exact) mass is 1440 g/mol. The van der Waals surface area contributed by atoms with Gasteiger partial charge in [-0.1, -0.05) is 55.4 Å². The molecule has 6 aromatic carbocycles. The summed E-state index contributed by atoms with van der Waals surface area (Å²) in [4.78, 5) is 63.9. The molecule has 2 fully saturated rings. The van der Waals surface area contributed by atoms with E-state index in [1.807, 2.05) is 60.7 Å². The molecule has 4 N–H and O–H groups in total. The number of carbonyl (C=O) groups is 4. The molecular formula is C60H63Cl4N4O19PS4. The summed E-state index contributed by atoms with van der Waals surface area (Å²) >= 11 is 19.8. The third-order valence-electron chi connectivity index (χ3n) is 11.1. The van der Waals surface area contributed by atoms with E-state index in [1.54, 1.807) is 42.6 Å². The molecule has 32 heteroatoms. The van der Waals surface area contributed by atoms with Gasteiger partial charge in [-0.25, -0.2) is 43.3 Å². The van der Waals surface area contributed by atoms with Crippen molar-refractivity contribution in [2.24, 2.45) is 0 Å². The van der Waals surface area contributed by atoms with Crippen molar-refractivity contribution in [2.45, 2.75) is 72.7 Å². The first-order valence-corrected chi connectivity index (χ1v) is 38.1. The number of fused-ring (bicyclic) bond motifs is 2. The minimum Gasteiger partial charge on any atom is -0.457 e. The van der Waals surface area contributed by atoms with Crippen molar-refractivity contribution in [2.75, 3.05) is 36.1 Å². The highest BCUT2D eigenvalue weighted by atomic mass is 36.0. The molecule has 0 saturated carbocycles. The molecule has 2 aliphatic heterocycles. The van der Waals surface area contributed by atoms with E-state index in [4.69, 9.17) is 31.5 Å². The van der Waals surface area contributed by atoms with Gasteiger partial charge in [0.15, 0.2) is 50.4 Å². The molecule has 92 heavy (non-hydrogen) atoms. The highest BCUT2D eigenvalue weighted by Gasteiger charge is 2.39. The Kier molecular flexibility index (Phi) is 28.7. The number of sulfone groups is 4. The average molecular weight is 1450 g/mol. The van der Waals surface area contributed by atoms with Crippen LogP contribution in [0.3, 0.4) is 0 Å². The number of esters is 4. The maximum absolute atomic E-state index is 11.7. The molecule has 2 saturated heterocycles. The predicted molar refractivity (Wildman–Crippen MR) is 355 cm³/mol. The third-order valence-corrected chi connectivity index (χ3v) is 15.9. The number of carbonyl (C=O) groups excluding carboxylic acids is 4. The number of anilines is 2. The molecule has 2 aromatic heterocycles. The molecule has 23 nitrogen and oxygen atoms in total. The van der Waals surface area contributed by atoms with Crippen molar-refractivity contribution in [3.05, 3.63) is 197 Å². The van der Waals surface area contributed by atoms with Gasteiger partial charge in [0, 0.05) is 105 Å². The Morgan fingerprint density at radius 2 is 0.967 bits per heavy atom. The van der Waals surface area contributed by atoms with E-state index in [1.165, 1.54) is 107 Å². The number of hydrogen-bond acceptors (Lipinski definition) is 22. The second-order valence-electron chi connectivity index (χ2n) is 19.7. The van der Waals surface area contributed by atoms with Gasteiger partial charge in [-0.3, -0.25) is 23.9 Å². The van der Waals surface area contributed by atoms with E-state index in [0.29, 0.717) is 43.1 Å². The molecule has 494 valence electrons. The molecule has 0 amide bonds. The Morgan fingerprint density at radius 1 is 0.565 bits per heavy atom. The van der Waals surface area contributed by atoms with Gasteiger partial charge in [0.25, 0.3) is 11.6 Å². The fourth-order valence-electron chi connectivity index (χ4n) is 7.02. The number of nitrogens with one attached hydrogen (secondary N) is 2. The highest BCUT2D eigenvalue weighted by molar-refractivity contribution is 8.24. The van der Waals surface area contributed by atoms with Crippen LogP contribution in [0.5, 0.6) is 11.5 Å². The quantitative estimate of drug-likeness (QED) is 0.0318. The summed E-state index contributed by atoms with van der Waals surface area (Å²) < 4.78 is 124. The van der Waals surface area contributed by atoms with Crippen molar-refractivity contribution < 1.29 is 81.1 Å². The molecule has 8 aromatic rings. The number of H-pyrrole nitrogens is 1. The summed E-state index contributed by atoms with van der Waals surface area (Å²) in [6.45, 7) is 5.94. The number of nitrogens with zero attached hydrogens (tertiary/aromatic N) is 1. The number of benzene rings is 6. The molecule has 0 bridgehead atoms. The van der Waals surface area contributed by atoms with Gasteiger partial charge in [0.2, 0.25) is 0 Å². The van der Waals surface area contributed by atoms with Crippen LogP contribution in [0.1, 0.15) is 41.5 Å². The number of nitrogens with two attached hydrogens (primary N) is 1. The van der Waals surface area contributed by atoms with Crippen LogP contribution in [-0.4, -0.2) is 104 Å². The molecule has 0 radical (unpaired) electrons. The zero-order valence-corrected chi connectivity index (χ0v) is 56.5. The van der Waals surface area contributed by atoms with E-state index >= 15 is 0 Å². The lowest BCUT2D eigenvalue weighted by Crippen LogP contribution is -2.42. The van der Waals surface area contributed by atoms with Crippen LogP contribution in [0, 0.1) is 0 Å². The number of nitrogen functional groups attached to an aromatic ring is 1. The second-order valence-corrected chi connectivity index (χ2v) is 34.8. The van der Waals surface area contributed by atoms with E-state index in [2.05, 4.69) is 58.5 Å². The maximum Gasteiger partial charge on any atom is 0.350 e. The molecule has 10 rings (SSSR count). The van der Waals surface area contributed by atoms with Gasteiger partial charge in [-0.15, -0.1) is 0 Å². The van der Waals surface area contributed by atoms with Crippen LogP contribution < -0.4 is 21.2 Å². The molecule has 0 aliphatic carbocycles. The number of hydrogen-bond donors (Lipinski definition) is 3. The Morgan fingerprint density at radius 3 is 1.40 bits per heavy atom. The summed E-state index contributed by atoms with van der Waals surface area (Å²) in [5, 5.41) is 1.05. The number of pyridine rings is 2. The number of halogens is 4. The summed E-state index contributed by atoms with van der Waals surface area (Å²) in [5.41, 5.74) is 7.31. The Bertz CT molecular complexity index is 4440. The lowest BCUT2D eigenvalue weighted by molar-refractivity contribution is -0.231. The normalized spacial score (nSPS) is 13.9. The molecule has 0 unspecified atom stereocenters. The van der Waals surface area contributed by atoms with Gasteiger partial charge < -0.3 is 39.7 Å². The summed E-state index contributed by atoms with van der Waals surface area (Å²) in [7, 11) is -12.8. The van der Waals surface area contributed by atoms with E-state index < -0.39 is 80.0 Å². The Hall–Kier alpha value is -7.85. The predicted octanol–water partition coefficient (Wildman–Crippen LogP) is 12.3. The first kappa shape index (κ1) is 78.4. The van der Waals surface area contributed by atoms with Gasteiger partial charge >= 0.3 is 29.1 Å². The zero-order valence-electron chi connectivity index (χ0n) is 49.3. The third kappa shape index (κ3) is 27.9. The smallest absolute Gasteiger partial charge is 0.350 e. The van der Waals surface area contributed by atoms with Gasteiger partial charge in [-0.2, -0.15) is 0 Å².